The van der Waals surface area contributed by atoms with Crippen LogP contribution in [0.15, 0.2) is 0 Å². The summed E-state index contributed by atoms with van der Waals surface area (Å²) in [7, 11) is 0. The topological polar surface area (TPSA) is 47.3 Å². The van der Waals surface area contributed by atoms with Gasteiger partial charge in [-0.15, -0.1) is 0 Å². The van der Waals surface area contributed by atoms with E-state index in [0.717, 1.165) is 0 Å². The van der Waals surface area contributed by atoms with Gasteiger partial charge in [-0.25, -0.2) is 0 Å². The van der Waals surface area contributed by atoms with Crippen molar-refractivity contribution >= 4 is 0 Å². The molecular weight excluding hydrogens is 116 g/mol. The molecule has 3 heteroatoms. The van der Waals surface area contributed by atoms with E-state index in [-0.39, 0.29) is 12.6 Å². The molecule has 0 aliphatic rings. The molecule has 0 heterocycles. The lowest BCUT2D eigenvalue weighted by Gasteiger charge is -2.17. The number of rotatable bonds is 3. The van der Waals surface area contributed by atoms with Crippen LogP contribution in [0.25, 0.3) is 0 Å². The van der Waals surface area contributed by atoms with Crippen LogP contribution in [-0.2, 0) is 0 Å². The number of aliphatic hydroxyl groups excluding tert-OH is 1. The number of nitriles is 1. The molecule has 0 bridgehead atoms. The molecule has 0 saturated carbocycles. The van der Waals surface area contributed by atoms with E-state index in [1.807, 2.05) is 20.0 Å². The fourth-order valence-electron chi connectivity index (χ4n) is 0.531. The van der Waals surface area contributed by atoms with Crippen LogP contribution < -0.4 is 0 Å². The maximum Gasteiger partial charge on any atom is 0.179 e. The summed E-state index contributed by atoms with van der Waals surface area (Å²) in [5.74, 6) is 0. The standard InChI is InChI=1S/C6H12N2O/c1-6(2)8(5-7)3-4-9/h6,9H,3-4H2,1-2H3. The Kier molecular flexibility index (Phi) is 3.81. The van der Waals surface area contributed by atoms with Gasteiger partial charge in [-0.2, -0.15) is 5.26 Å². The number of aliphatic hydroxyl groups is 1. The molecule has 0 saturated heterocycles. The fraction of sp³-hybridized carbons (Fsp3) is 0.833. The van der Waals surface area contributed by atoms with Crippen molar-refractivity contribution in [1.29, 1.82) is 5.26 Å². The Morgan fingerprint density at radius 1 is 1.67 bits per heavy atom. The minimum atomic E-state index is 0.0474. The van der Waals surface area contributed by atoms with Gasteiger partial charge in [0.15, 0.2) is 6.19 Å². The van der Waals surface area contributed by atoms with Gasteiger partial charge in [0.2, 0.25) is 0 Å². The Bertz CT molecular complexity index is 106. The predicted octanol–water partition coefficient (Wildman–Crippen LogP) is 0.170. The monoisotopic (exact) mass is 128 g/mol. The van der Waals surface area contributed by atoms with E-state index in [1.165, 1.54) is 4.90 Å². The van der Waals surface area contributed by atoms with E-state index < -0.39 is 0 Å². The van der Waals surface area contributed by atoms with Crippen LogP contribution in [0.2, 0.25) is 0 Å². The van der Waals surface area contributed by atoms with Gasteiger partial charge >= 0.3 is 0 Å². The summed E-state index contributed by atoms with van der Waals surface area (Å²) in [6, 6.07) is 0.196. The molecule has 9 heavy (non-hydrogen) atoms. The second kappa shape index (κ2) is 4.16. The van der Waals surface area contributed by atoms with Crippen LogP contribution in [0.5, 0.6) is 0 Å². The van der Waals surface area contributed by atoms with E-state index in [1.54, 1.807) is 0 Å². The van der Waals surface area contributed by atoms with E-state index in [9.17, 15) is 0 Å². The third-order valence-corrected chi connectivity index (χ3v) is 1.09. The predicted molar refractivity (Wildman–Crippen MR) is 34.5 cm³/mol. The first-order valence-electron chi connectivity index (χ1n) is 2.99. The van der Waals surface area contributed by atoms with Crippen molar-refractivity contribution < 1.29 is 5.11 Å². The molecule has 52 valence electrons. The van der Waals surface area contributed by atoms with Crippen molar-refractivity contribution in [3.63, 3.8) is 0 Å². The highest BCUT2D eigenvalue weighted by Gasteiger charge is 2.03. The van der Waals surface area contributed by atoms with Gasteiger partial charge in [0.25, 0.3) is 0 Å². The van der Waals surface area contributed by atoms with Crippen molar-refractivity contribution in [3.05, 3.63) is 0 Å². The van der Waals surface area contributed by atoms with Gasteiger partial charge in [-0.05, 0) is 13.8 Å². The zero-order chi connectivity index (χ0) is 7.28. The second-order valence-corrected chi connectivity index (χ2v) is 2.11. The lowest BCUT2D eigenvalue weighted by Crippen LogP contribution is -2.28. The van der Waals surface area contributed by atoms with E-state index in [2.05, 4.69) is 0 Å². The van der Waals surface area contributed by atoms with Crippen molar-refractivity contribution in [3.8, 4) is 6.19 Å². The molecule has 0 spiro atoms. The minimum Gasteiger partial charge on any atom is -0.395 e. The van der Waals surface area contributed by atoms with E-state index in [0.29, 0.717) is 6.54 Å². The molecule has 0 aromatic heterocycles. The van der Waals surface area contributed by atoms with Crippen molar-refractivity contribution in [2.24, 2.45) is 0 Å². The van der Waals surface area contributed by atoms with Gasteiger partial charge in [-0.3, -0.25) is 0 Å². The zero-order valence-electron chi connectivity index (χ0n) is 5.83. The third-order valence-electron chi connectivity index (χ3n) is 1.09. The van der Waals surface area contributed by atoms with Crippen molar-refractivity contribution in [1.82, 2.24) is 4.90 Å². The number of hydrogen-bond acceptors (Lipinski definition) is 3. The molecule has 0 atom stereocenters. The van der Waals surface area contributed by atoms with Crippen LogP contribution in [-0.4, -0.2) is 29.2 Å². The molecule has 0 unspecified atom stereocenters. The molecule has 3 nitrogen and oxygen atoms in total. The lowest BCUT2D eigenvalue weighted by molar-refractivity contribution is 0.220. The highest BCUT2D eigenvalue weighted by Crippen LogP contribution is 1.92. The maximum absolute atomic E-state index is 8.42. The molecule has 0 aromatic carbocycles. The molecule has 0 aromatic rings. The van der Waals surface area contributed by atoms with E-state index >= 15 is 0 Å². The summed E-state index contributed by atoms with van der Waals surface area (Å²) in [6.07, 6.45) is 1.98. The lowest BCUT2D eigenvalue weighted by atomic mass is 10.3. The number of hydrogen-bond donors (Lipinski definition) is 1. The second-order valence-electron chi connectivity index (χ2n) is 2.11. The molecule has 0 rings (SSSR count). The maximum atomic E-state index is 8.42. The van der Waals surface area contributed by atoms with Gasteiger partial charge in [0.1, 0.15) is 0 Å². The Morgan fingerprint density at radius 3 is 2.33 bits per heavy atom. The SMILES string of the molecule is CC(C)N(C#N)CCO. The zero-order valence-corrected chi connectivity index (χ0v) is 5.83. The van der Waals surface area contributed by atoms with Crippen LogP contribution in [0, 0.1) is 11.5 Å². The first-order valence-corrected chi connectivity index (χ1v) is 2.99. The van der Waals surface area contributed by atoms with Crippen LogP contribution in [0.3, 0.4) is 0 Å². The molecule has 0 aliphatic carbocycles. The Balaban J connectivity index is 3.58. The highest BCUT2D eigenvalue weighted by molar-refractivity contribution is 4.76. The molecule has 0 radical (unpaired) electrons. The molecule has 0 aliphatic heterocycles. The largest absolute Gasteiger partial charge is 0.395 e. The summed E-state index contributed by atoms with van der Waals surface area (Å²) < 4.78 is 0. The summed E-state index contributed by atoms with van der Waals surface area (Å²) >= 11 is 0. The molecule has 0 amide bonds. The Hall–Kier alpha value is -0.750. The first-order chi connectivity index (χ1) is 4.22. The molecule has 0 fully saturated rings. The van der Waals surface area contributed by atoms with Gasteiger partial charge < -0.3 is 10.0 Å². The summed E-state index contributed by atoms with van der Waals surface area (Å²) in [4.78, 5) is 1.53. The Labute approximate surface area is 55.5 Å². The van der Waals surface area contributed by atoms with Crippen LogP contribution in [0.1, 0.15) is 13.8 Å². The van der Waals surface area contributed by atoms with Crippen LogP contribution >= 0.6 is 0 Å². The van der Waals surface area contributed by atoms with Gasteiger partial charge in [0.05, 0.1) is 13.2 Å². The average molecular weight is 128 g/mol. The quantitative estimate of drug-likeness (QED) is 0.435. The molecular formula is C6H12N2O. The molecule has 1 N–H and O–H groups in total. The average Bonchev–Trinajstić information content (AvgIpc) is 1.82. The summed E-state index contributed by atoms with van der Waals surface area (Å²) in [6.45, 7) is 4.32. The third kappa shape index (κ3) is 2.94. The number of nitrogens with zero attached hydrogens (tertiary/aromatic N) is 2. The summed E-state index contributed by atoms with van der Waals surface area (Å²) in [5.41, 5.74) is 0. The van der Waals surface area contributed by atoms with Crippen LogP contribution in [0.4, 0.5) is 0 Å². The minimum absolute atomic E-state index is 0.0474. The van der Waals surface area contributed by atoms with Crippen molar-refractivity contribution in [2.45, 2.75) is 19.9 Å². The first kappa shape index (κ1) is 8.25. The highest BCUT2D eigenvalue weighted by atomic mass is 16.3. The Morgan fingerprint density at radius 2 is 2.22 bits per heavy atom. The van der Waals surface area contributed by atoms with Crippen molar-refractivity contribution in [2.75, 3.05) is 13.2 Å². The summed E-state index contributed by atoms with van der Waals surface area (Å²) in [5, 5.41) is 16.8. The smallest absolute Gasteiger partial charge is 0.179 e. The fourth-order valence-corrected chi connectivity index (χ4v) is 0.531. The normalized spacial score (nSPS) is 9.22. The van der Waals surface area contributed by atoms with Gasteiger partial charge in [0, 0.05) is 6.04 Å². The van der Waals surface area contributed by atoms with Gasteiger partial charge in [-0.1, -0.05) is 0 Å². The van der Waals surface area contributed by atoms with E-state index in [4.69, 9.17) is 10.4 Å².